The van der Waals surface area contributed by atoms with Gasteiger partial charge in [0.1, 0.15) is 5.78 Å². The lowest BCUT2D eigenvalue weighted by Crippen LogP contribution is -2.02. The fraction of sp³-hybridized carbons (Fsp3) is 0.444. The van der Waals surface area contributed by atoms with Crippen LogP contribution in [0, 0.1) is 0 Å². The summed E-state index contributed by atoms with van der Waals surface area (Å²) < 4.78 is 4.92. The van der Waals surface area contributed by atoms with Gasteiger partial charge in [0.15, 0.2) is 0 Å². The van der Waals surface area contributed by atoms with Crippen molar-refractivity contribution in [1.29, 1.82) is 0 Å². The summed E-state index contributed by atoms with van der Waals surface area (Å²) in [4.78, 5) is 11.2. The van der Waals surface area contributed by atoms with Crippen molar-refractivity contribution in [2.75, 3.05) is 0 Å². The second-order valence-corrected chi connectivity index (χ2v) is 2.97. The van der Waals surface area contributed by atoms with Gasteiger partial charge in [0.05, 0.1) is 12.5 Å². The van der Waals surface area contributed by atoms with Crippen LogP contribution in [-0.4, -0.2) is 5.78 Å². The Hall–Kier alpha value is -1.05. The third-order valence-electron chi connectivity index (χ3n) is 2.25. The highest BCUT2D eigenvalue weighted by Crippen LogP contribution is 2.30. The zero-order chi connectivity index (χ0) is 7.68. The van der Waals surface area contributed by atoms with E-state index < -0.39 is 0 Å². The lowest BCUT2D eigenvalue weighted by molar-refractivity contribution is -0.118. The predicted molar refractivity (Wildman–Crippen MR) is 40.3 cm³/mol. The molecule has 0 aromatic carbocycles. The van der Waals surface area contributed by atoms with Gasteiger partial charge in [-0.2, -0.15) is 0 Å². The molecule has 11 heavy (non-hydrogen) atoms. The molecular formula is C9H10O2. The zero-order valence-electron chi connectivity index (χ0n) is 6.25. The standard InChI is InChI=1S/C9H10O2/c10-9-3-1-2-8(9)7-4-5-11-6-7/h4-6,8H,1-3H2. The molecule has 2 nitrogen and oxygen atoms in total. The molecule has 0 spiro atoms. The third-order valence-corrected chi connectivity index (χ3v) is 2.25. The highest BCUT2D eigenvalue weighted by molar-refractivity contribution is 5.87. The van der Waals surface area contributed by atoms with Gasteiger partial charge in [-0.25, -0.2) is 0 Å². The van der Waals surface area contributed by atoms with E-state index in [1.54, 1.807) is 12.5 Å². The normalized spacial score (nSPS) is 24.4. The first-order valence-electron chi connectivity index (χ1n) is 3.93. The Morgan fingerprint density at radius 3 is 3.00 bits per heavy atom. The summed E-state index contributed by atoms with van der Waals surface area (Å²) in [6.07, 6.45) is 6.08. The number of Topliss-reactive ketones (excluding diaryl/α,β-unsaturated/α-hetero) is 1. The Balaban J connectivity index is 2.23. The molecule has 1 aromatic rings. The molecule has 1 aromatic heterocycles. The van der Waals surface area contributed by atoms with Gasteiger partial charge in [-0.1, -0.05) is 0 Å². The maximum Gasteiger partial charge on any atom is 0.140 e. The maximum absolute atomic E-state index is 11.2. The minimum Gasteiger partial charge on any atom is -0.472 e. The lowest BCUT2D eigenvalue weighted by Gasteiger charge is -2.01. The van der Waals surface area contributed by atoms with E-state index in [9.17, 15) is 4.79 Å². The smallest absolute Gasteiger partial charge is 0.140 e. The Kier molecular flexibility index (Phi) is 1.53. The Labute approximate surface area is 65.2 Å². The third kappa shape index (κ3) is 1.09. The maximum atomic E-state index is 11.2. The van der Waals surface area contributed by atoms with Gasteiger partial charge in [0.25, 0.3) is 0 Å². The van der Waals surface area contributed by atoms with Crippen LogP contribution in [0.5, 0.6) is 0 Å². The molecule has 1 atom stereocenters. The van der Waals surface area contributed by atoms with Crippen molar-refractivity contribution in [3.8, 4) is 0 Å². The summed E-state index contributed by atoms with van der Waals surface area (Å²) in [6.45, 7) is 0. The topological polar surface area (TPSA) is 30.2 Å². The Morgan fingerprint density at radius 1 is 1.55 bits per heavy atom. The predicted octanol–water partition coefficient (Wildman–Crippen LogP) is 2.12. The van der Waals surface area contributed by atoms with Crippen LogP contribution in [-0.2, 0) is 4.79 Å². The number of furan rings is 1. The fourth-order valence-corrected chi connectivity index (χ4v) is 1.64. The summed E-state index contributed by atoms with van der Waals surface area (Å²) in [5.74, 6) is 0.500. The SMILES string of the molecule is O=C1CCCC1c1ccoc1. The quantitative estimate of drug-likeness (QED) is 0.613. The molecule has 0 radical (unpaired) electrons. The summed E-state index contributed by atoms with van der Waals surface area (Å²) in [7, 11) is 0. The van der Waals surface area contributed by atoms with E-state index in [1.807, 2.05) is 6.07 Å². The van der Waals surface area contributed by atoms with Crippen LogP contribution in [0.2, 0.25) is 0 Å². The van der Waals surface area contributed by atoms with Crippen molar-refractivity contribution >= 4 is 5.78 Å². The van der Waals surface area contributed by atoms with Crippen molar-refractivity contribution in [2.24, 2.45) is 0 Å². The Morgan fingerprint density at radius 2 is 2.45 bits per heavy atom. The molecule has 2 heteroatoms. The van der Waals surface area contributed by atoms with Crippen LogP contribution in [0.15, 0.2) is 23.0 Å². The number of hydrogen-bond acceptors (Lipinski definition) is 2. The second kappa shape index (κ2) is 2.53. The van der Waals surface area contributed by atoms with Crippen LogP contribution in [0.1, 0.15) is 30.7 Å². The highest BCUT2D eigenvalue weighted by atomic mass is 16.3. The number of hydrogen-bond donors (Lipinski definition) is 0. The van der Waals surface area contributed by atoms with Crippen LogP contribution in [0.4, 0.5) is 0 Å². The van der Waals surface area contributed by atoms with E-state index in [0.717, 1.165) is 24.8 Å². The van der Waals surface area contributed by atoms with Crippen molar-refractivity contribution in [1.82, 2.24) is 0 Å². The summed E-state index contributed by atoms with van der Waals surface area (Å²) >= 11 is 0. The summed E-state index contributed by atoms with van der Waals surface area (Å²) in [5, 5.41) is 0. The van der Waals surface area contributed by atoms with Gasteiger partial charge in [-0.15, -0.1) is 0 Å². The van der Waals surface area contributed by atoms with E-state index in [0.29, 0.717) is 5.78 Å². The van der Waals surface area contributed by atoms with Gasteiger partial charge in [0.2, 0.25) is 0 Å². The van der Waals surface area contributed by atoms with Crippen LogP contribution in [0.3, 0.4) is 0 Å². The Bertz CT molecular complexity index is 249. The molecule has 0 amide bonds. The zero-order valence-corrected chi connectivity index (χ0v) is 6.25. The molecular weight excluding hydrogens is 140 g/mol. The second-order valence-electron chi connectivity index (χ2n) is 2.97. The van der Waals surface area contributed by atoms with Crippen molar-refractivity contribution < 1.29 is 9.21 Å². The van der Waals surface area contributed by atoms with E-state index in [4.69, 9.17) is 4.42 Å². The van der Waals surface area contributed by atoms with Crippen LogP contribution >= 0.6 is 0 Å². The van der Waals surface area contributed by atoms with Gasteiger partial charge in [-0.3, -0.25) is 4.79 Å². The molecule has 0 bridgehead atoms. The van der Waals surface area contributed by atoms with Crippen molar-refractivity contribution in [3.05, 3.63) is 24.2 Å². The van der Waals surface area contributed by atoms with Gasteiger partial charge >= 0.3 is 0 Å². The number of carbonyl (C=O) groups is 1. The van der Waals surface area contributed by atoms with Gasteiger partial charge in [0, 0.05) is 17.9 Å². The molecule has 1 saturated carbocycles. The van der Waals surface area contributed by atoms with Gasteiger partial charge < -0.3 is 4.42 Å². The summed E-state index contributed by atoms with van der Waals surface area (Å²) in [5.41, 5.74) is 1.05. The first-order chi connectivity index (χ1) is 5.38. The molecule has 1 heterocycles. The molecule has 1 unspecified atom stereocenters. The molecule has 1 aliphatic carbocycles. The monoisotopic (exact) mass is 150 g/mol. The van der Waals surface area contributed by atoms with Gasteiger partial charge in [-0.05, 0) is 18.9 Å². The molecule has 0 aliphatic heterocycles. The average Bonchev–Trinajstić information content (AvgIpc) is 2.55. The molecule has 0 N–H and O–H groups in total. The van der Waals surface area contributed by atoms with E-state index in [1.165, 1.54) is 0 Å². The average molecular weight is 150 g/mol. The van der Waals surface area contributed by atoms with E-state index in [2.05, 4.69) is 0 Å². The summed E-state index contributed by atoms with van der Waals surface area (Å²) in [6, 6.07) is 1.88. The first-order valence-corrected chi connectivity index (χ1v) is 3.93. The van der Waals surface area contributed by atoms with Crippen LogP contribution in [0.25, 0.3) is 0 Å². The number of rotatable bonds is 1. The van der Waals surface area contributed by atoms with Crippen molar-refractivity contribution in [3.63, 3.8) is 0 Å². The van der Waals surface area contributed by atoms with E-state index >= 15 is 0 Å². The fourth-order valence-electron chi connectivity index (χ4n) is 1.64. The largest absolute Gasteiger partial charge is 0.472 e. The number of carbonyl (C=O) groups excluding carboxylic acids is 1. The molecule has 2 rings (SSSR count). The van der Waals surface area contributed by atoms with Crippen molar-refractivity contribution in [2.45, 2.75) is 25.2 Å². The highest BCUT2D eigenvalue weighted by Gasteiger charge is 2.26. The molecule has 1 fully saturated rings. The molecule has 58 valence electrons. The minimum absolute atomic E-state index is 0.133. The minimum atomic E-state index is 0.133. The number of ketones is 1. The first kappa shape index (κ1) is 6.65. The lowest BCUT2D eigenvalue weighted by atomic mass is 10.0. The van der Waals surface area contributed by atoms with E-state index in [-0.39, 0.29) is 5.92 Å². The van der Waals surface area contributed by atoms with Crippen LogP contribution < -0.4 is 0 Å². The molecule has 0 saturated heterocycles. The molecule has 1 aliphatic rings.